The molecule has 0 spiro atoms. The number of nitrogens with one attached hydrogen (secondary N) is 2. The predicted octanol–water partition coefficient (Wildman–Crippen LogP) is 0.730. The van der Waals surface area contributed by atoms with Crippen LogP contribution >= 0.6 is 0 Å². The summed E-state index contributed by atoms with van der Waals surface area (Å²) >= 11 is 0. The van der Waals surface area contributed by atoms with Crippen LogP contribution in [0.3, 0.4) is 0 Å². The van der Waals surface area contributed by atoms with Gasteiger partial charge in [0.1, 0.15) is 0 Å². The maximum absolute atomic E-state index is 11.9. The Hall–Kier alpha value is -1.42. The molecule has 1 fully saturated rings. The molecule has 1 aliphatic carbocycles. The van der Waals surface area contributed by atoms with E-state index in [1.54, 1.807) is 24.3 Å². The number of rotatable bonds is 7. The Morgan fingerprint density at radius 2 is 2.00 bits per heavy atom. The molecule has 1 aromatic rings. The van der Waals surface area contributed by atoms with Gasteiger partial charge in [0.15, 0.2) is 0 Å². The molecular weight excluding hydrogens is 262 g/mol. The first-order chi connectivity index (χ1) is 9.11. The van der Waals surface area contributed by atoms with Crippen molar-refractivity contribution in [1.29, 1.82) is 5.26 Å². The number of hydrogen-bond acceptors (Lipinski definition) is 4. The topological polar surface area (TPSA) is 82.0 Å². The summed E-state index contributed by atoms with van der Waals surface area (Å²) in [5.41, 5.74) is 0.941. The van der Waals surface area contributed by atoms with Gasteiger partial charge in [0.25, 0.3) is 0 Å². The van der Waals surface area contributed by atoms with E-state index in [0.29, 0.717) is 30.3 Å². The molecule has 5 nitrogen and oxygen atoms in total. The van der Waals surface area contributed by atoms with Gasteiger partial charge >= 0.3 is 0 Å². The Kier molecular flexibility index (Phi) is 4.53. The molecule has 102 valence electrons. The third-order valence-corrected chi connectivity index (χ3v) is 4.28. The number of nitrogens with zero attached hydrogens (tertiary/aromatic N) is 1. The minimum Gasteiger partial charge on any atom is -0.313 e. The van der Waals surface area contributed by atoms with E-state index in [2.05, 4.69) is 10.0 Å². The minimum atomic E-state index is -3.39. The van der Waals surface area contributed by atoms with Crippen LogP contribution in [0.1, 0.15) is 24.0 Å². The second-order valence-corrected chi connectivity index (χ2v) is 6.46. The molecule has 0 aliphatic heterocycles. The summed E-state index contributed by atoms with van der Waals surface area (Å²) in [7, 11) is -3.39. The lowest BCUT2D eigenvalue weighted by molar-refractivity contribution is 0.574. The lowest BCUT2D eigenvalue weighted by Crippen LogP contribution is -2.33. The van der Waals surface area contributed by atoms with Crippen LogP contribution in [0.4, 0.5) is 0 Å². The molecule has 1 aliphatic rings. The van der Waals surface area contributed by atoms with Crippen molar-refractivity contribution in [2.45, 2.75) is 24.6 Å². The fourth-order valence-electron chi connectivity index (χ4n) is 1.78. The van der Waals surface area contributed by atoms with E-state index in [4.69, 9.17) is 5.26 Å². The molecule has 0 bridgehead atoms. The van der Waals surface area contributed by atoms with Gasteiger partial charge in [0.05, 0.1) is 17.4 Å². The van der Waals surface area contributed by atoms with Crippen LogP contribution < -0.4 is 10.0 Å². The second kappa shape index (κ2) is 6.15. The van der Waals surface area contributed by atoms with Crippen LogP contribution in [0, 0.1) is 11.3 Å². The molecular formula is C13H17N3O2S. The molecule has 19 heavy (non-hydrogen) atoms. The van der Waals surface area contributed by atoms with Crippen LogP contribution in [0.5, 0.6) is 0 Å². The minimum absolute atomic E-state index is 0.153. The fourth-order valence-corrected chi connectivity index (χ4v) is 2.96. The lowest BCUT2D eigenvalue weighted by atomic mass is 10.1. The smallest absolute Gasteiger partial charge is 0.215 e. The standard InChI is InChI=1S/C13H17N3O2S/c14-9-11-3-1-2-4-12(11)10-19(17,18)16-8-7-15-13-5-6-13/h1-4,13,15-16H,5-8,10H2. The molecule has 2 N–H and O–H groups in total. The van der Waals surface area contributed by atoms with Gasteiger partial charge in [0, 0.05) is 19.1 Å². The normalized spacial score (nSPS) is 15.1. The third kappa shape index (κ3) is 4.63. The van der Waals surface area contributed by atoms with Gasteiger partial charge in [-0.25, -0.2) is 13.1 Å². The van der Waals surface area contributed by atoms with Crippen molar-refractivity contribution >= 4 is 10.0 Å². The summed E-state index contributed by atoms with van der Waals surface area (Å²) in [5.74, 6) is -0.153. The van der Waals surface area contributed by atoms with Gasteiger partial charge in [-0.2, -0.15) is 5.26 Å². The molecule has 0 unspecified atom stereocenters. The first kappa shape index (κ1) is 14.0. The van der Waals surface area contributed by atoms with Crippen LogP contribution in [0.25, 0.3) is 0 Å². The number of nitriles is 1. The fraction of sp³-hybridized carbons (Fsp3) is 0.462. The molecule has 6 heteroatoms. The molecule has 0 aromatic heterocycles. The largest absolute Gasteiger partial charge is 0.313 e. The van der Waals surface area contributed by atoms with Gasteiger partial charge in [-0.1, -0.05) is 18.2 Å². The van der Waals surface area contributed by atoms with Gasteiger partial charge in [-0.05, 0) is 24.5 Å². The van der Waals surface area contributed by atoms with Crippen LogP contribution in [0.2, 0.25) is 0 Å². The Bertz CT molecular complexity index is 574. The van der Waals surface area contributed by atoms with E-state index in [0.717, 1.165) is 0 Å². The average molecular weight is 279 g/mol. The maximum Gasteiger partial charge on any atom is 0.215 e. The van der Waals surface area contributed by atoms with Crippen molar-refractivity contribution < 1.29 is 8.42 Å². The van der Waals surface area contributed by atoms with E-state index < -0.39 is 10.0 Å². The summed E-state index contributed by atoms with van der Waals surface area (Å²) < 4.78 is 26.3. The summed E-state index contributed by atoms with van der Waals surface area (Å²) in [5, 5.41) is 12.2. The Morgan fingerprint density at radius 1 is 1.26 bits per heavy atom. The number of benzene rings is 1. The molecule has 0 saturated heterocycles. The first-order valence-corrected chi connectivity index (χ1v) is 7.95. The Labute approximate surface area is 113 Å². The highest BCUT2D eigenvalue weighted by atomic mass is 32.2. The zero-order valence-corrected chi connectivity index (χ0v) is 11.4. The van der Waals surface area contributed by atoms with Crippen LogP contribution in [0.15, 0.2) is 24.3 Å². The third-order valence-electron chi connectivity index (χ3n) is 2.94. The number of hydrogen-bond donors (Lipinski definition) is 2. The van der Waals surface area contributed by atoms with Crippen LogP contribution in [-0.2, 0) is 15.8 Å². The van der Waals surface area contributed by atoms with Gasteiger partial charge in [-0.3, -0.25) is 0 Å². The van der Waals surface area contributed by atoms with Crippen molar-refractivity contribution in [3.8, 4) is 6.07 Å². The molecule has 1 saturated carbocycles. The van der Waals surface area contributed by atoms with Crippen molar-refractivity contribution in [2.75, 3.05) is 13.1 Å². The maximum atomic E-state index is 11.9. The molecule has 1 aromatic carbocycles. The van der Waals surface area contributed by atoms with E-state index in [9.17, 15) is 8.42 Å². The van der Waals surface area contributed by atoms with Crippen molar-refractivity contribution in [3.05, 3.63) is 35.4 Å². The van der Waals surface area contributed by atoms with Gasteiger partial charge < -0.3 is 5.32 Å². The summed E-state index contributed by atoms with van der Waals surface area (Å²) in [6, 6.07) is 9.33. The SMILES string of the molecule is N#Cc1ccccc1CS(=O)(=O)NCCNC1CC1. The summed E-state index contributed by atoms with van der Waals surface area (Å²) in [6.07, 6.45) is 2.37. The van der Waals surface area contributed by atoms with E-state index in [1.807, 2.05) is 6.07 Å². The summed E-state index contributed by atoms with van der Waals surface area (Å²) in [6.45, 7) is 1.03. The first-order valence-electron chi connectivity index (χ1n) is 6.29. The zero-order valence-electron chi connectivity index (χ0n) is 10.6. The quantitative estimate of drug-likeness (QED) is 0.721. The number of sulfonamides is 1. The lowest BCUT2D eigenvalue weighted by Gasteiger charge is -2.08. The van der Waals surface area contributed by atoms with Crippen LogP contribution in [-0.4, -0.2) is 27.5 Å². The zero-order chi connectivity index (χ0) is 13.7. The van der Waals surface area contributed by atoms with Gasteiger partial charge in [0.2, 0.25) is 10.0 Å². The van der Waals surface area contributed by atoms with Crippen molar-refractivity contribution in [3.63, 3.8) is 0 Å². The van der Waals surface area contributed by atoms with Crippen molar-refractivity contribution in [1.82, 2.24) is 10.0 Å². The van der Waals surface area contributed by atoms with Crippen molar-refractivity contribution in [2.24, 2.45) is 0 Å². The average Bonchev–Trinajstić information content (AvgIpc) is 3.19. The highest BCUT2D eigenvalue weighted by Crippen LogP contribution is 2.17. The Morgan fingerprint density at radius 3 is 2.68 bits per heavy atom. The van der Waals surface area contributed by atoms with E-state index >= 15 is 0 Å². The van der Waals surface area contributed by atoms with Gasteiger partial charge in [-0.15, -0.1) is 0 Å². The Balaban J connectivity index is 1.87. The predicted molar refractivity (Wildman–Crippen MR) is 72.8 cm³/mol. The molecule has 0 amide bonds. The molecule has 0 heterocycles. The highest BCUT2D eigenvalue weighted by molar-refractivity contribution is 7.88. The summed E-state index contributed by atoms with van der Waals surface area (Å²) in [4.78, 5) is 0. The van der Waals surface area contributed by atoms with E-state index in [1.165, 1.54) is 12.8 Å². The molecule has 0 radical (unpaired) electrons. The van der Waals surface area contributed by atoms with E-state index in [-0.39, 0.29) is 5.75 Å². The monoisotopic (exact) mass is 279 g/mol. The highest BCUT2D eigenvalue weighted by Gasteiger charge is 2.20. The second-order valence-electron chi connectivity index (χ2n) is 4.65. The molecule has 2 rings (SSSR count). The molecule has 0 atom stereocenters.